The molecule has 0 aliphatic carbocycles. The Kier molecular flexibility index (Phi) is 6.18. The standard InChI is InChI=1S/C16H28N4O3/c1-11(10-19(6)15(22)23-16(3,4)5)8-17-14(21)13-9-18-20(7)12(13)2/h9,11H,8,10H2,1-7H3,(H,17,21)/t11-/m0/s1. The summed E-state index contributed by atoms with van der Waals surface area (Å²) in [5.41, 5.74) is 0.877. The molecule has 0 bridgehead atoms. The fourth-order valence-electron chi connectivity index (χ4n) is 2.03. The fourth-order valence-corrected chi connectivity index (χ4v) is 2.03. The maximum atomic E-state index is 12.1. The Bertz CT molecular complexity index is 560. The van der Waals surface area contributed by atoms with Crippen LogP contribution in [0.5, 0.6) is 0 Å². The second-order valence-electron chi connectivity index (χ2n) is 6.94. The molecule has 7 heteroatoms. The van der Waals surface area contributed by atoms with Crippen molar-refractivity contribution in [3.63, 3.8) is 0 Å². The molecule has 0 aliphatic rings. The van der Waals surface area contributed by atoms with E-state index in [-0.39, 0.29) is 17.9 Å². The number of hydrogen-bond donors (Lipinski definition) is 1. The van der Waals surface area contributed by atoms with Gasteiger partial charge in [-0.2, -0.15) is 5.10 Å². The summed E-state index contributed by atoms with van der Waals surface area (Å²) in [4.78, 5) is 25.6. The molecule has 2 amide bonds. The first-order chi connectivity index (χ1) is 10.5. The Morgan fingerprint density at radius 1 is 1.43 bits per heavy atom. The van der Waals surface area contributed by atoms with Crippen LogP contribution in [0, 0.1) is 12.8 Å². The van der Waals surface area contributed by atoms with E-state index in [1.165, 1.54) is 4.90 Å². The third kappa shape index (κ3) is 5.92. The van der Waals surface area contributed by atoms with Gasteiger partial charge in [0.2, 0.25) is 0 Å². The minimum atomic E-state index is -0.513. The maximum absolute atomic E-state index is 12.1. The molecule has 1 rings (SSSR count). The van der Waals surface area contributed by atoms with Crippen molar-refractivity contribution in [3.8, 4) is 0 Å². The Balaban J connectivity index is 2.45. The fraction of sp³-hybridized carbons (Fsp3) is 0.688. The van der Waals surface area contributed by atoms with Crippen molar-refractivity contribution in [1.29, 1.82) is 0 Å². The van der Waals surface area contributed by atoms with Gasteiger partial charge in [0.15, 0.2) is 0 Å². The van der Waals surface area contributed by atoms with Gasteiger partial charge in [-0.15, -0.1) is 0 Å². The molecule has 1 aromatic rings. The van der Waals surface area contributed by atoms with Gasteiger partial charge in [0.25, 0.3) is 5.91 Å². The van der Waals surface area contributed by atoms with Gasteiger partial charge in [0.1, 0.15) is 5.60 Å². The molecule has 1 atom stereocenters. The van der Waals surface area contributed by atoms with Crippen molar-refractivity contribution in [2.45, 2.75) is 40.2 Å². The lowest BCUT2D eigenvalue weighted by atomic mass is 10.1. The van der Waals surface area contributed by atoms with E-state index in [1.807, 2.05) is 34.6 Å². The molecule has 1 heterocycles. The Labute approximate surface area is 138 Å². The molecule has 0 radical (unpaired) electrons. The first kappa shape index (κ1) is 19.0. The van der Waals surface area contributed by atoms with Gasteiger partial charge in [-0.25, -0.2) is 4.79 Å². The summed E-state index contributed by atoms with van der Waals surface area (Å²) in [5.74, 6) is -0.0455. The van der Waals surface area contributed by atoms with E-state index in [2.05, 4.69) is 10.4 Å². The van der Waals surface area contributed by atoms with Gasteiger partial charge >= 0.3 is 6.09 Å². The molecule has 1 aromatic heterocycles. The number of nitrogens with zero attached hydrogens (tertiary/aromatic N) is 3. The number of amides is 2. The molecule has 0 unspecified atom stereocenters. The van der Waals surface area contributed by atoms with Crippen LogP contribution in [0.15, 0.2) is 6.20 Å². The zero-order valence-electron chi connectivity index (χ0n) is 15.1. The molecular weight excluding hydrogens is 296 g/mol. The zero-order chi connectivity index (χ0) is 17.8. The molecule has 0 saturated heterocycles. The van der Waals surface area contributed by atoms with Gasteiger partial charge in [0.05, 0.1) is 11.8 Å². The number of nitrogens with one attached hydrogen (secondary N) is 1. The number of carbonyl (C=O) groups is 2. The van der Waals surface area contributed by atoms with Gasteiger partial charge in [-0.1, -0.05) is 6.92 Å². The van der Waals surface area contributed by atoms with Crippen molar-refractivity contribution in [3.05, 3.63) is 17.5 Å². The summed E-state index contributed by atoms with van der Waals surface area (Å²) in [6, 6.07) is 0. The van der Waals surface area contributed by atoms with Crippen molar-refractivity contribution in [1.82, 2.24) is 20.0 Å². The van der Waals surface area contributed by atoms with Crippen LogP contribution in [0.2, 0.25) is 0 Å². The molecule has 1 N–H and O–H groups in total. The highest BCUT2D eigenvalue weighted by molar-refractivity contribution is 5.95. The summed E-state index contributed by atoms with van der Waals surface area (Å²) in [6.45, 7) is 10.3. The predicted molar refractivity (Wildman–Crippen MR) is 88.3 cm³/mol. The highest BCUT2D eigenvalue weighted by Crippen LogP contribution is 2.10. The minimum absolute atomic E-state index is 0.105. The number of carbonyl (C=O) groups excluding carboxylic acids is 2. The SMILES string of the molecule is Cc1c(C(=O)NC[C@H](C)CN(C)C(=O)OC(C)(C)C)cnn1C. The smallest absolute Gasteiger partial charge is 0.410 e. The monoisotopic (exact) mass is 324 g/mol. The van der Waals surface area contributed by atoms with Crippen molar-refractivity contribution in [2.24, 2.45) is 13.0 Å². The zero-order valence-corrected chi connectivity index (χ0v) is 15.1. The van der Waals surface area contributed by atoms with Crippen molar-refractivity contribution >= 4 is 12.0 Å². The summed E-state index contributed by atoms with van der Waals surface area (Å²) in [5, 5.41) is 6.93. The van der Waals surface area contributed by atoms with Crippen molar-refractivity contribution < 1.29 is 14.3 Å². The van der Waals surface area contributed by atoms with E-state index in [9.17, 15) is 9.59 Å². The summed E-state index contributed by atoms with van der Waals surface area (Å²) >= 11 is 0. The molecule has 0 aliphatic heterocycles. The normalized spacial score (nSPS) is 12.7. The lowest BCUT2D eigenvalue weighted by molar-refractivity contribution is 0.0277. The van der Waals surface area contributed by atoms with Crippen LogP contribution in [0.3, 0.4) is 0 Å². The Hall–Kier alpha value is -2.05. The average Bonchev–Trinajstić information content (AvgIpc) is 2.74. The maximum Gasteiger partial charge on any atom is 0.410 e. The largest absolute Gasteiger partial charge is 0.444 e. The summed E-state index contributed by atoms with van der Waals surface area (Å²) < 4.78 is 6.96. The van der Waals surface area contributed by atoms with Gasteiger partial charge < -0.3 is 15.0 Å². The molecule has 0 fully saturated rings. The molecule has 0 saturated carbocycles. The number of aryl methyl sites for hydroxylation is 1. The molecular formula is C16H28N4O3. The topological polar surface area (TPSA) is 76.5 Å². The van der Waals surface area contributed by atoms with Crippen LogP contribution in [0.4, 0.5) is 4.79 Å². The lowest BCUT2D eigenvalue weighted by Gasteiger charge is -2.26. The molecule has 7 nitrogen and oxygen atoms in total. The highest BCUT2D eigenvalue weighted by atomic mass is 16.6. The lowest BCUT2D eigenvalue weighted by Crippen LogP contribution is -2.39. The van der Waals surface area contributed by atoms with Crippen LogP contribution in [0.25, 0.3) is 0 Å². The Morgan fingerprint density at radius 3 is 2.52 bits per heavy atom. The van der Waals surface area contributed by atoms with Crippen LogP contribution in [0.1, 0.15) is 43.7 Å². The van der Waals surface area contributed by atoms with Gasteiger partial charge in [0, 0.05) is 32.9 Å². The van der Waals surface area contributed by atoms with Crippen LogP contribution in [-0.4, -0.2) is 52.4 Å². The number of rotatable bonds is 5. The summed E-state index contributed by atoms with van der Waals surface area (Å²) in [6.07, 6.45) is 1.20. The quantitative estimate of drug-likeness (QED) is 0.898. The van der Waals surface area contributed by atoms with Crippen LogP contribution >= 0.6 is 0 Å². The third-order valence-corrected chi connectivity index (χ3v) is 3.38. The van der Waals surface area contributed by atoms with Crippen LogP contribution in [-0.2, 0) is 11.8 Å². The molecule has 0 spiro atoms. The highest BCUT2D eigenvalue weighted by Gasteiger charge is 2.21. The van der Waals surface area contributed by atoms with E-state index in [0.29, 0.717) is 18.7 Å². The average molecular weight is 324 g/mol. The van der Waals surface area contributed by atoms with Gasteiger partial charge in [-0.3, -0.25) is 9.48 Å². The first-order valence-corrected chi connectivity index (χ1v) is 7.72. The predicted octanol–water partition coefficient (Wildman–Crippen LogP) is 1.96. The van der Waals surface area contributed by atoms with E-state index in [1.54, 1.807) is 25.0 Å². The molecule has 0 aromatic carbocycles. The van der Waals surface area contributed by atoms with Crippen molar-refractivity contribution in [2.75, 3.05) is 20.1 Å². The van der Waals surface area contributed by atoms with Gasteiger partial charge in [-0.05, 0) is 33.6 Å². The minimum Gasteiger partial charge on any atom is -0.444 e. The molecule has 23 heavy (non-hydrogen) atoms. The second-order valence-corrected chi connectivity index (χ2v) is 6.94. The summed E-state index contributed by atoms with van der Waals surface area (Å²) in [7, 11) is 3.49. The first-order valence-electron chi connectivity index (χ1n) is 7.72. The third-order valence-electron chi connectivity index (χ3n) is 3.38. The second kappa shape index (κ2) is 7.48. The van der Waals surface area contributed by atoms with E-state index in [0.717, 1.165) is 5.69 Å². The number of hydrogen-bond acceptors (Lipinski definition) is 4. The van der Waals surface area contributed by atoms with E-state index < -0.39 is 5.60 Å². The number of aromatic nitrogens is 2. The molecule has 130 valence electrons. The number of ether oxygens (including phenoxy) is 1. The van der Waals surface area contributed by atoms with E-state index >= 15 is 0 Å². The Morgan fingerprint density at radius 2 is 2.04 bits per heavy atom. The van der Waals surface area contributed by atoms with Crippen LogP contribution < -0.4 is 5.32 Å². The van der Waals surface area contributed by atoms with E-state index in [4.69, 9.17) is 4.74 Å².